The first-order valence-corrected chi connectivity index (χ1v) is 9.56. The number of hydrogen-bond donors (Lipinski definition) is 1. The number of benzene rings is 3. The number of thiol groups is 1. The van der Waals surface area contributed by atoms with E-state index in [-0.39, 0.29) is 5.60 Å². The molecule has 0 heterocycles. The van der Waals surface area contributed by atoms with E-state index >= 15 is 0 Å². The van der Waals surface area contributed by atoms with Crippen molar-refractivity contribution in [2.75, 3.05) is 0 Å². The average Bonchev–Trinajstić information content (AvgIpc) is 2.57. The van der Waals surface area contributed by atoms with Gasteiger partial charge >= 0.3 is 0 Å². The van der Waals surface area contributed by atoms with Crippen molar-refractivity contribution in [3.8, 4) is 5.75 Å². The van der Waals surface area contributed by atoms with E-state index in [1.807, 2.05) is 0 Å². The maximum atomic E-state index is 5.96. The van der Waals surface area contributed by atoms with Crippen LogP contribution in [0.4, 0.5) is 0 Å². The first-order chi connectivity index (χ1) is 11.5. The number of hydrogen-bond acceptors (Lipinski definition) is 1. The Morgan fingerprint density at radius 1 is 0.583 bits per heavy atom. The van der Waals surface area contributed by atoms with Gasteiger partial charge in [-0.1, -0.05) is 36.4 Å². The Morgan fingerprint density at radius 2 is 1.00 bits per heavy atom. The zero-order valence-corrected chi connectivity index (χ0v) is 15.3. The molecule has 124 valence electrons. The van der Waals surface area contributed by atoms with Crippen LogP contribution in [0.2, 0.25) is 0 Å². The molecule has 3 rings (SSSR count). The quantitative estimate of drug-likeness (QED) is 0.547. The molecular weight excluding hydrogens is 312 g/mol. The van der Waals surface area contributed by atoms with Gasteiger partial charge < -0.3 is 4.74 Å². The van der Waals surface area contributed by atoms with Gasteiger partial charge in [0.05, 0.1) is 0 Å². The molecule has 0 aromatic heterocycles. The van der Waals surface area contributed by atoms with Crippen LogP contribution >= 0.6 is 10.9 Å². The van der Waals surface area contributed by atoms with Crippen molar-refractivity contribution in [1.82, 2.24) is 0 Å². The normalized spacial score (nSPS) is 11.9. The van der Waals surface area contributed by atoms with Gasteiger partial charge in [0.2, 0.25) is 0 Å². The highest BCUT2D eigenvalue weighted by Gasteiger charge is 2.14. The summed E-state index contributed by atoms with van der Waals surface area (Å²) in [5.74, 6) is 0.919. The van der Waals surface area contributed by atoms with Crippen molar-refractivity contribution in [3.63, 3.8) is 0 Å². The maximum Gasteiger partial charge on any atom is 0.120 e. The highest BCUT2D eigenvalue weighted by molar-refractivity contribution is 8.17. The van der Waals surface area contributed by atoms with E-state index in [1.54, 1.807) is 0 Å². The summed E-state index contributed by atoms with van der Waals surface area (Å²) in [6, 6.07) is 30.1. The molecule has 0 aliphatic rings. The molecule has 0 N–H and O–H groups in total. The van der Waals surface area contributed by atoms with Gasteiger partial charge in [0, 0.05) is 0 Å². The topological polar surface area (TPSA) is 9.23 Å². The summed E-state index contributed by atoms with van der Waals surface area (Å²) >= 11 is 0. The van der Waals surface area contributed by atoms with Crippen LogP contribution in [-0.2, 0) is 0 Å². The Hall–Kier alpha value is -2.19. The first-order valence-electron chi connectivity index (χ1n) is 8.22. The third-order valence-electron chi connectivity index (χ3n) is 3.55. The van der Waals surface area contributed by atoms with Gasteiger partial charge in [-0.2, -0.15) is 10.9 Å². The van der Waals surface area contributed by atoms with E-state index < -0.39 is 10.9 Å². The van der Waals surface area contributed by atoms with Crippen LogP contribution in [-0.4, -0.2) is 5.60 Å². The van der Waals surface area contributed by atoms with Crippen LogP contribution in [0.15, 0.2) is 99.6 Å². The molecule has 0 atom stereocenters. The van der Waals surface area contributed by atoms with E-state index in [9.17, 15) is 0 Å². The molecule has 1 nitrogen and oxygen atoms in total. The van der Waals surface area contributed by atoms with E-state index in [0.717, 1.165) is 5.75 Å². The molecule has 0 saturated heterocycles. The molecule has 3 aromatic rings. The zero-order chi connectivity index (χ0) is 17.0. The minimum Gasteiger partial charge on any atom is -0.488 e. The van der Waals surface area contributed by atoms with Gasteiger partial charge in [0.15, 0.2) is 0 Å². The molecule has 0 saturated carbocycles. The maximum absolute atomic E-state index is 5.96. The van der Waals surface area contributed by atoms with Crippen molar-refractivity contribution in [2.45, 2.75) is 41.1 Å². The number of rotatable bonds is 4. The lowest BCUT2D eigenvalue weighted by molar-refractivity contribution is 0.131. The SMILES string of the molecule is CC(C)(C)Oc1ccc([SH](c2ccccc2)c2ccccc2)cc1. The van der Waals surface area contributed by atoms with Gasteiger partial charge in [0.1, 0.15) is 11.4 Å². The lowest BCUT2D eigenvalue weighted by Gasteiger charge is -2.25. The van der Waals surface area contributed by atoms with Crippen LogP contribution in [0.1, 0.15) is 20.8 Å². The fourth-order valence-corrected chi connectivity index (χ4v) is 4.90. The van der Waals surface area contributed by atoms with Crippen LogP contribution < -0.4 is 4.74 Å². The summed E-state index contributed by atoms with van der Waals surface area (Å²) in [5, 5.41) is 0. The van der Waals surface area contributed by atoms with Gasteiger partial charge in [0.25, 0.3) is 0 Å². The second-order valence-corrected chi connectivity index (χ2v) is 8.93. The van der Waals surface area contributed by atoms with Crippen LogP contribution in [0.5, 0.6) is 5.75 Å². The van der Waals surface area contributed by atoms with Crippen LogP contribution in [0.3, 0.4) is 0 Å². The molecule has 0 amide bonds. The lowest BCUT2D eigenvalue weighted by Crippen LogP contribution is -2.22. The molecule has 0 radical (unpaired) electrons. The molecule has 0 unspecified atom stereocenters. The molecule has 0 aliphatic heterocycles. The number of ether oxygens (including phenoxy) is 1. The Balaban J connectivity index is 1.98. The molecule has 2 heteroatoms. The summed E-state index contributed by atoms with van der Waals surface area (Å²) in [7, 11) is -0.547. The predicted octanol–water partition coefficient (Wildman–Crippen LogP) is 6.34. The molecule has 0 fully saturated rings. The highest BCUT2D eigenvalue weighted by atomic mass is 32.2. The average molecular weight is 336 g/mol. The second-order valence-electron chi connectivity index (χ2n) is 6.71. The van der Waals surface area contributed by atoms with Gasteiger partial charge in [-0.25, -0.2) is 0 Å². The summed E-state index contributed by atoms with van der Waals surface area (Å²) in [4.78, 5) is 4.06. The summed E-state index contributed by atoms with van der Waals surface area (Å²) in [6.07, 6.45) is 0. The standard InChI is InChI=1S/C22H24OS/c1-22(2,3)23-18-14-16-21(17-15-18)24(19-10-6-4-7-11-19)20-12-8-5-9-13-20/h4-17,24H,1-3H3. The highest BCUT2D eigenvalue weighted by Crippen LogP contribution is 2.51. The van der Waals surface area contributed by atoms with Crippen molar-refractivity contribution < 1.29 is 4.74 Å². The van der Waals surface area contributed by atoms with Gasteiger partial charge in [-0.3, -0.25) is 0 Å². The minimum absolute atomic E-state index is 0.175. The van der Waals surface area contributed by atoms with Crippen molar-refractivity contribution in [3.05, 3.63) is 84.9 Å². The van der Waals surface area contributed by atoms with E-state index in [1.165, 1.54) is 14.7 Å². The van der Waals surface area contributed by atoms with Gasteiger partial charge in [-0.15, -0.1) is 0 Å². The Bertz CT molecular complexity index is 719. The van der Waals surface area contributed by atoms with Crippen LogP contribution in [0, 0.1) is 0 Å². The molecule has 3 aromatic carbocycles. The van der Waals surface area contributed by atoms with E-state index in [2.05, 4.69) is 106 Å². The smallest absolute Gasteiger partial charge is 0.120 e. The Labute approximate surface area is 147 Å². The first kappa shape index (κ1) is 16.7. The monoisotopic (exact) mass is 336 g/mol. The summed E-state index contributed by atoms with van der Waals surface area (Å²) in [5.41, 5.74) is -0.175. The fourth-order valence-electron chi connectivity index (χ4n) is 2.62. The van der Waals surface area contributed by atoms with E-state index in [0.29, 0.717) is 0 Å². The van der Waals surface area contributed by atoms with Crippen molar-refractivity contribution in [1.29, 1.82) is 0 Å². The predicted molar refractivity (Wildman–Crippen MR) is 103 cm³/mol. The molecule has 0 spiro atoms. The van der Waals surface area contributed by atoms with Crippen molar-refractivity contribution >= 4 is 10.9 Å². The summed E-state index contributed by atoms with van der Waals surface area (Å²) in [6.45, 7) is 6.21. The Morgan fingerprint density at radius 3 is 1.42 bits per heavy atom. The molecule has 24 heavy (non-hydrogen) atoms. The van der Waals surface area contributed by atoms with Gasteiger partial charge in [-0.05, 0) is 84.0 Å². The molecule has 0 bridgehead atoms. The second kappa shape index (κ2) is 7.14. The molecular formula is C22H24OS. The largest absolute Gasteiger partial charge is 0.488 e. The minimum atomic E-state index is -0.547. The molecule has 0 aliphatic carbocycles. The van der Waals surface area contributed by atoms with Crippen molar-refractivity contribution in [2.24, 2.45) is 0 Å². The summed E-state index contributed by atoms with van der Waals surface area (Å²) < 4.78 is 5.96. The van der Waals surface area contributed by atoms with Crippen LogP contribution in [0.25, 0.3) is 0 Å². The fraction of sp³-hybridized carbons (Fsp3) is 0.182. The van der Waals surface area contributed by atoms with E-state index in [4.69, 9.17) is 4.74 Å². The third kappa shape index (κ3) is 4.21. The lowest BCUT2D eigenvalue weighted by atomic mass is 10.2. The zero-order valence-electron chi connectivity index (χ0n) is 14.4. The third-order valence-corrected chi connectivity index (χ3v) is 5.99. The Kier molecular flexibility index (Phi) is 4.96.